The van der Waals surface area contributed by atoms with Gasteiger partial charge in [0.15, 0.2) is 0 Å². The molecule has 0 spiro atoms. The highest BCUT2D eigenvalue weighted by atomic mass is 19.1. The topological polar surface area (TPSA) is 55.8 Å². The zero-order chi connectivity index (χ0) is 16.7. The summed E-state index contributed by atoms with van der Waals surface area (Å²) in [5.74, 6) is -1.03. The average molecular weight is 309 g/mol. The predicted molar refractivity (Wildman–Crippen MR) is 79.4 cm³/mol. The summed E-state index contributed by atoms with van der Waals surface area (Å²) in [5, 5.41) is 0. The minimum absolute atomic E-state index is 0.0767. The Balaban J connectivity index is 2.47. The highest BCUT2D eigenvalue weighted by Crippen LogP contribution is 2.36. The normalized spacial score (nSPS) is 17.2. The fraction of sp³-hybridized carbons (Fsp3) is 0.500. The van der Waals surface area contributed by atoms with Crippen LogP contribution in [0.15, 0.2) is 12.1 Å². The van der Waals surface area contributed by atoms with E-state index in [1.165, 1.54) is 18.1 Å². The summed E-state index contributed by atoms with van der Waals surface area (Å²) in [7, 11) is 1.24. The predicted octanol–water partition coefficient (Wildman–Crippen LogP) is 2.97. The van der Waals surface area contributed by atoms with Crippen LogP contribution < -0.4 is 4.90 Å². The largest absolute Gasteiger partial charge is 0.467 e. The lowest BCUT2D eigenvalue weighted by Crippen LogP contribution is -2.45. The Morgan fingerprint density at radius 1 is 1.32 bits per heavy atom. The van der Waals surface area contributed by atoms with E-state index in [1.807, 2.05) is 0 Å². The molecule has 1 atom stereocenters. The summed E-state index contributed by atoms with van der Waals surface area (Å²) < 4.78 is 24.2. The lowest BCUT2D eigenvalue weighted by Gasteiger charge is -2.28. The molecule has 0 bridgehead atoms. The van der Waals surface area contributed by atoms with Crippen LogP contribution in [-0.4, -0.2) is 30.8 Å². The third-order valence-electron chi connectivity index (χ3n) is 3.35. The second-order valence-electron chi connectivity index (χ2n) is 6.34. The number of benzene rings is 1. The Kier molecular flexibility index (Phi) is 4.13. The van der Waals surface area contributed by atoms with Gasteiger partial charge >= 0.3 is 12.1 Å². The molecule has 1 aliphatic heterocycles. The number of hydrogen-bond donors (Lipinski definition) is 0. The third-order valence-corrected chi connectivity index (χ3v) is 3.35. The fourth-order valence-corrected chi connectivity index (χ4v) is 2.48. The van der Waals surface area contributed by atoms with Gasteiger partial charge in [-0.3, -0.25) is 4.90 Å². The number of carbonyl (C=O) groups is 2. The van der Waals surface area contributed by atoms with Crippen LogP contribution >= 0.6 is 0 Å². The molecule has 1 heterocycles. The molecule has 1 amide bonds. The summed E-state index contributed by atoms with van der Waals surface area (Å²) in [6, 6.07) is 2.14. The van der Waals surface area contributed by atoms with Gasteiger partial charge in [0.05, 0.1) is 12.8 Å². The Morgan fingerprint density at radius 3 is 2.50 bits per heavy atom. The molecule has 2 rings (SSSR count). The van der Waals surface area contributed by atoms with Gasteiger partial charge in [-0.25, -0.2) is 14.0 Å². The molecular formula is C16H20FNO4. The van der Waals surface area contributed by atoms with E-state index in [2.05, 4.69) is 0 Å². The lowest BCUT2D eigenvalue weighted by atomic mass is 10.1. The van der Waals surface area contributed by atoms with E-state index >= 15 is 0 Å². The smallest absolute Gasteiger partial charge is 0.415 e. The number of ether oxygens (including phenoxy) is 2. The maximum absolute atomic E-state index is 14.1. The van der Waals surface area contributed by atoms with Crippen molar-refractivity contribution in [2.75, 3.05) is 12.0 Å². The molecule has 0 N–H and O–H groups in total. The van der Waals surface area contributed by atoms with E-state index in [-0.39, 0.29) is 6.42 Å². The van der Waals surface area contributed by atoms with Crippen molar-refractivity contribution in [3.63, 3.8) is 0 Å². The number of aryl methyl sites for hydroxylation is 1. The molecule has 6 heteroatoms. The number of esters is 1. The zero-order valence-electron chi connectivity index (χ0n) is 13.4. The number of carbonyl (C=O) groups excluding carboxylic acids is 2. The van der Waals surface area contributed by atoms with Gasteiger partial charge in [0, 0.05) is 12.0 Å². The van der Waals surface area contributed by atoms with E-state index in [1.54, 1.807) is 33.8 Å². The maximum Gasteiger partial charge on any atom is 0.415 e. The van der Waals surface area contributed by atoms with E-state index < -0.39 is 29.5 Å². The van der Waals surface area contributed by atoms with Crippen LogP contribution in [0.1, 0.15) is 31.9 Å². The number of rotatable bonds is 1. The second kappa shape index (κ2) is 5.59. The van der Waals surface area contributed by atoms with Crippen molar-refractivity contribution in [1.29, 1.82) is 0 Å². The Bertz CT molecular complexity index is 621. The fourth-order valence-electron chi connectivity index (χ4n) is 2.48. The summed E-state index contributed by atoms with van der Waals surface area (Å²) in [6.45, 7) is 6.91. The molecule has 0 saturated heterocycles. The summed E-state index contributed by atoms with van der Waals surface area (Å²) >= 11 is 0. The van der Waals surface area contributed by atoms with Crippen LogP contribution in [0.25, 0.3) is 0 Å². The monoisotopic (exact) mass is 309 g/mol. The maximum atomic E-state index is 14.1. The number of hydrogen-bond acceptors (Lipinski definition) is 4. The molecule has 1 aromatic rings. The Morgan fingerprint density at radius 2 is 1.95 bits per heavy atom. The van der Waals surface area contributed by atoms with E-state index in [0.29, 0.717) is 16.8 Å². The van der Waals surface area contributed by atoms with Crippen molar-refractivity contribution in [3.05, 3.63) is 29.1 Å². The SMILES string of the molecule is COC(=O)C1Cc2c(F)cc(C)cc2N1C(=O)OC(C)(C)C. The quantitative estimate of drug-likeness (QED) is 0.748. The van der Waals surface area contributed by atoms with Crippen LogP contribution in [0, 0.1) is 12.7 Å². The number of methoxy groups -OCH3 is 1. The molecule has 1 aromatic carbocycles. The van der Waals surface area contributed by atoms with Gasteiger partial charge in [0.1, 0.15) is 17.5 Å². The van der Waals surface area contributed by atoms with Crippen molar-refractivity contribution in [2.45, 2.75) is 45.8 Å². The van der Waals surface area contributed by atoms with E-state index in [4.69, 9.17) is 9.47 Å². The van der Waals surface area contributed by atoms with Crippen molar-refractivity contribution in [1.82, 2.24) is 0 Å². The minimum Gasteiger partial charge on any atom is -0.467 e. The Hall–Kier alpha value is -2.11. The molecule has 5 nitrogen and oxygen atoms in total. The third kappa shape index (κ3) is 3.05. The molecular weight excluding hydrogens is 289 g/mol. The molecule has 0 radical (unpaired) electrons. The number of nitrogens with zero attached hydrogens (tertiary/aromatic N) is 1. The summed E-state index contributed by atoms with van der Waals surface area (Å²) in [5.41, 5.74) is 0.632. The lowest BCUT2D eigenvalue weighted by molar-refractivity contribution is -0.142. The van der Waals surface area contributed by atoms with Gasteiger partial charge in [-0.05, 0) is 45.4 Å². The molecule has 120 valence electrons. The van der Waals surface area contributed by atoms with Crippen LogP contribution in [0.2, 0.25) is 0 Å². The van der Waals surface area contributed by atoms with Crippen molar-refractivity contribution < 1.29 is 23.5 Å². The highest BCUT2D eigenvalue weighted by molar-refractivity contribution is 5.99. The standard InChI is InChI=1S/C16H20FNO4/c1-9-6-11(17)10-8-13(14(19)21-5)18(12(10)7-9)15(20)22-16(2,3)4/h6-7,13H,8H2,1-5H3. The van der Waals surface area contributed by atoms with Crippen LogP contribution in [-0.2, 0) is 20.7 Å². The first kappa shape index (κ1) is 16.3. The van der Waals surface area contributed by atoms with Crippen LogP contribution in [0.5, 0.6) is 0 Å². The molecule has 0 aromatic heterocycles. The highest BCUT2D eigenvalue weighted by Gasteiger charge is 2.42. The molecule has 0 aliphatic carbocycles. The van der Waals surface area contributed by atoms with Gasteiger partial charge in [-0.2, -0.15) is 0 Å². The average Bonchev–Trinajstić information content (AvgIpc) is 2.75. The zero-order valence-corrected chi connectivity index (χ0v) is 13.4. The van der Waals surface area contributed by atoms with Crippen molar-refractivity contribution in [3.8, 4) is 0 Å². The van der Waals surface area contributed by atoms with Crippen LogP contribution in [0.4, 0.5) is 14.9 Å². The van der Waals surface area contributed by atoms with Crippen LogP contribution in [0.3, 0.4) is 0 Å². The first-order valence-electron chi connectivity index (χ1n) is 7.03. The van der Waals surface area contributed by atoms with Gasteiger partial charge < -0.3 is 9.47 Å². The first-order valence-corrected chi connectivity index (χ1v) is 7.03. The molecule has 0 saturated carbocycles. The number of anilines is 1. The molecule has 1 aliphatic rings. The van der Waals surface area contributed by atoms with Gasteiger partial charge in [0.25, 0.3) is 0 Å². The summed E-state index contributed by atoms with van der Waals surface area (Å²) in [6.07, 6.45) is -0.612. The van der Waals surface area contributed by atoms with Crippen molar-refractivity contribution >= 4 is 17.7 Å². The van der Waals surface area contributed by atoms with E-state index in [0.717, 1.165) is 0 Å². The summed E-state index contributed by atoms with van der Waals surface area (Å²) in [4.78, 5) is 25.6. The first-order chi connectivity index (χ1) is 10.1. The second-order valence-corrected chi connectivity index (χ2v) is 6.34. The Labute approximate surface area is 129 Å². The molecule has 1 unspecified atom stereocenters. The number of halogens is 1. The molecule has 0 fully saturated rings. The van der Waals surface area contributed by atoms with E-state index in [9.17, 15) is 14.0 Å². The minimum atomic E-state index is -0.911. The van der Waals surface area contributed by atoms with Gasteiger partial charge in [0.2, 0.25) is 0 Å². The van der Waals surface area contributed by atoms with Crippen molar-refractivity contribution in [2.24, 2.45) is 0 Å². The molecule has 22 heavy (non-hydrogen) atoms. The van der Waals surface area contributed by atoms with Gasteiger partial charge in [-0.1, -0.05) is 0 Å². The number of fused-ring (bicyclic) bond motifs is 1. The van der Waals surface area contributed by atoms with Gasteiger partial charge in [-0.15, -0.1) is 0 Å². The number of amides is 1.